The van der Waals surface area contributed by atoms with Gasteiger partial charge in [-0.2, -0.15) is 0 Å². The van der Waals surface area contributed by atoms with Gasteiger partial charge >= 0.3 is 5.97 Å². The number of hydrogen-bond acceptors (Lipinski definition) is 8. The fourth-order valence-corrected chi connectivity index (χ4v) is 5.95. The van der Waals surface area contributed by atoms with E-state index in [1.807, 2.05) is 13.1 Å². The van der Waals surface area contributed by atoms with Crippen LogP contribution in [0, 0.1) is 0 Å². The molecule has 1 aliphatic rings. The van der Waals surface area contributed by atoms with E-state index in [0.29, 0.717) is 48.5 Å². The monoisotopic (exact) mass is 651 g/mol. The van der Waals surface area contributed by atoms with Crippen molar-refractivity contribution in [2.45, 2.75) is 46.1 Å². The zero-order chi connectivity index (χ0) is 31.7. The number of amides is 1. The van der Waals surface area contributed by atoms with E-state index in [2.05, 4.69) is 30.9 Å². The maximum Gasteiger partial charge on any atom is 0.335 e. The van der Waals surface area contributed by atoms with E-state index in [1.165, 1.54) is 6.20 Å². The second-order valence-corrected chi connectivity index (χ2v) is 11.7. The van der Waals surface area contributed by atoms with E-state index in [4.69, 9.17) is 37.3 Å². The predicted octanol–water partition coefficient (Wildman–Crippen LogP) is 5.22. The number of aromatic carboxylic acids is 1. The first-order chi connectivity index (χ1) is 21.7. The Labute approximate surface area is 268 Å². The van der Waals surface area contributed by atoms with Gasteiger partial charge in [-0.25, -0.2) is 19.7 Å². The second kappa shape index (κ2) is 12.9. The third-order valence-corrected chi connectivity index (χ3v) is 8.47. The van der Waals surface area contributed by atoms with Gasteiger partial charge in [-0.05, 0) is 50.2 Å². The van der Waals surface area contributed by atoms with Gasteiger partial charge in [-0.15, -0.1) is 0 Å². The molecule has 1 fully saturated rings. The number of fused-ring (bicyclic) bond motifs is 1. The van der Waals surface area contributed by atoms with Crippen LogP contribution in [-0.2, 0) is 26.2 Å². The number of aryl methyl sites for hydroxylation is 1. The lowest BCUT2D eigenvalue weighted by atomic mass is 10.2. The maximum absolute atomic E-state index is 13.3. The number of nitrogens with zero attached hydrogens (tertiary/aromatic N) is 7. The van der Waals surface area contributed by atoms with Crippen LogP contribution >= 0.6 is 23.2 Å². The highest BCUT2D eigenvalue weighted by atomic mass is 35.5. The minimum Gasteiger partial charge on any atom is -0.482 e. The molecule has 0 saturated carbocycles. The highest BCUT2D eigenvalue weighted by Crippen LogP contribution is 2.28. The molecule has 0 radical (unpaired) electrons. The summed E-state index contributed by atoms with van der Waals surface area (Å²) in [7, 11) is 0. The fraction of sp³-hybridized carbons (Fsp3) is 0.323. The summed E-state index contributed by atoms with van der Waals surface area (Å²) in [6.07, 6.45) is 5.02. The van der Waals surface area contributed by atoms with Gasteiger partial charge in [-0.3, -0.25) is 9.69 Å². The Morgan fingerprint density at radius 1 is 1.11 bits per heavy atom. The first-order valence-corrected chi connectivity index (χ1v) is 15.2. The normalized spacial score (nSPS) is 15.6. The summed E-state index contributed by atoms with van der Waals surface area (Å²) >= 11 is 12.1. The molecule has 2 aromatic carbocycles. The molecule has 1 amide bonds. The molecule has 1 aliphatic heterocycles. The van der Waals surface area contributed by atoms with Gasteiger partial charge in [-0.1, -0.05) is 23.2 Å². The Hall–Kier alpha value is -4.39. The van der Waals surface area contributed by atoms with Gasteiger partial charge in [0.1, 0.15) is 11.6 Å². The third-order valence-electron chi connectivity index (χ3n) is 7.94. The topological polar surface area (TPSA) is 132 Å². The zero-order valence-corrected chi connectivity index (χ0v) is 26.2. The molecule has 1 saturated heterocycles. The Balaban J connectivity index is 1.14. The lowest BCUT2D eigenvalue weighted by Gasteiger charge is -2.39. The second-order valence-electron chi connectivity index (χ2n) is 10.8. The van der Waals surface area contributed by atoms with Crippen LogP contribution in [0.4, 0.5) is 0 Å². The molecule has 0 aliphatic carbocycles. The van der Waals surface area contributed by atoms with Crippen molar-refractivity contribution in [3.05, 3.63) is 93.9 Å². The molecule has 0 spiro atoms. The number of imidazole rings is 2. The third kappa shape index (κ3) is 6.53. The Kier molecular flexibility index (Phi) is 8.79. The number of oxazole rings is 1. The van der Waals surface area contributed by atoms with Crippen molar-refractivity contribution in [2.75, 3.05) is 19.6 Å². The quantitative estimate of drug-likeness (QED) is 0.216. The minimum absolute atomic E-state index is 0.00676. The molecule has 1 atom stereocenters. The van der Waals surface area contributed by atoms with Crippen LogP contribution in [0.25, 0.3) is 11.0 Å². The van der Waals surface area contributed by atoms with E-state index in [0.717, 1.165) is 29.1 Å². The predicted molar refractivity (Wildman–Crippen MR) is 167 cm³/mol. The Bertz CT molecular complexity index is 1870. The number of halogens is 2. The van der Waals surface area contributed by atoms with Crippen LogP contribution < -0.4 is 4.74 Å². The summed E-state index contributed by atoms with van der Waals surface area (Å²) in [6, 6.07) is 9.91. The smallest absolute Gasteiger partial charge is 0.335 e. The average molecular weight is 653 g/mol. The van der Waals surface area contributed by atoms with Gasteiger partial charge in [0.15, 0.2) is 6.61 Å². The maximum atomic E-state index is 13.3. The molecule has 3 aromatic heterocycles. The largest absolute Gasteiger partial charge is 0.482 e. The van der Waals surface area contributed by atoms with Gasteiger partial charge in [0.2, 0.25) is 11.7 Å². The molecule has 0 unspecified atom stereocenters. The summed E-state index contributed by atoms with van der Waals surface area (Å²) in [5.41, 5.74) is 2.67. The van der Waals surface area contributed by atoms with Gasteiger partial charge in [0, 0.05) is 43.4 Å². The molecule has 14 heteroatoms. The molecular formula is C31H31Cl2N7O5. The Morgan fingerprint density at radius 3 is 2.71 bits per heavy atom. The van der Waals surface area contributed by atoms with E-state index in [9.17, 15) is 14.7 Å². The molecule has 234 valence electrons. The number of carbonyl (C=O) groups is 2. The summed E-state index contributed by atoms with van der Waals surface area (Å²) < 4.78 is 15.5. The van der Waals surface area contributed by atoms with Crippen LogP contribution in [0.15, 0.2) is 59.5 Å². The number of ether oxygens (including phenoxy) is 1. The summed E-state index contributed by atoms with van der Waals surface area (Å²) in [4.78, 5) is 42.5. The van der Waals surface area contributed by atoms with Crippen molar-refractivity contribution in [2.24, 2.45) is 0 Å². The first kappa shape index (κ1) is 30.6. The SMILES string of the molecule is CCn1cncc1Cn1c(CN2CCN(C(=O)c3cnc(COc4ccc(Cl)cc4Cl)o3)C[C@@H]2C)nc2ccc(C(=O)O)cc21. The highest BCUT2D eigenvalue weighted by molar-refractivity contribution is 6.35. The fourth-order valence-electron chi connectivity index (χ4n) is 5.49. The van der Waals surface area contributed by atoms with E-state index >= 15 is 0 Å². The average Bonchev–Trinajstić information content (AvgIpc) is 3.76. The number of carbonyl (C=O) groups excluding carboxylic acids is 1. The molecule has 45 heavy (non-hydrogen) atoms. The van der Waals surface area contributed by atoms with Crippen molar-refractivity contribution < 1.29 is 23.8 Å². The van der Waals surface area contributed by atoms with Crippen LogP contribution in [0.3, 0.4) is 0 Å². The van der Waals surface area contributed by atoms with Crippen LogP contribution in [-0.4, -0.2) is 76.5 Å². The molecule has 6 rings (SSSR count). The minimum atomic E-state index is -0.989. The number of aromatic nitrogens is 5. The van der Waals surface area contributed by atoms with Crippen molar-refractivity contribution in [1.29, 1.82) is 0 Å². The zero-order valence-electron chi connectivity index (χ0n) is 24.7. The van der Waals surface area contributed by atoms with Gasteiger partial charge in [0.25, 0.3) is 5.91 Å². The number of carboxylic acids is 1. The first-order valence-electron chi connectivity index (χ1n) is 14.5. The summed E-state index contributed by atoms with van der Waals surface area (Å²) in [6.45, 7) is 7.50. The Morgan fingerprint density at radius 2 is 1.96 bits per heavy atom. The van der Waals surface area contributed by atoms with E-state index < -0.39 is 5.97 Å². The lowest BCUT2D eigenvalue weighted by Crippen LogP contribution is -2.53. The van der Waals surface area contributed by atoms with Crippen molar-refractivity contribution in [3.63, 3.8) is 0 Å². The van der Waals surface area contributed by atoms with Crippen molar-refractivity contribution in [3.8, 4) is 5.75 Å². The summed E-state index contributed by atoms with van der Waals surface area (Å²) in [5.74, 6) is 0.403. The molecule has 12 nitrogen and oxygen atoms in total. The molecule has 5 aromatic rings. The number of rotatable bonds is 10. The molecule has 4 heterocycles. The number of piperazine rings is 1. The molecular weight excluding hydrogens is 621 g/mol. The van der Waals surface area contributed by atoms with Gasteiger partial charge in [0.05, 0.1) is 52.9 Å². The van der Waals surface area contributed by atoms with Crippen molar-refractivity contribution >= 4 is 46.1 Å². The van der Waals surface area contributed by atoms with Crippen LogP contribution in [0.1, 0.15) is 52.2 Å². The highest BCUT2D eigenvalue weighted by Gasteiger charge is 2.30. The standard InChI is InChI=1S/C31H31Cl2N7O5/c1-3-37-18-34-12-22(37)15-40-25-10-20(31(42)43)4-6-24(25)36-28(40)16-38-8-9-39(14-19(38)2)30(41)27-13-35-29(45-27)17-44-26-7-5-21(32)11-23(26)33/h4-7,10-13,18-19H,3,8-9,14-17H2,1-2H3,(H,42,43)/t19-/m0/s1. The summed E-state index contributed by atoms with van der Waals surface area (Å²) in [5, 5.41) is 10.5. The number of carboxylic acid groups (broad SMARTS) is 1. The van der Waals surface area contributed by atoms with E-state index in [-0.39, 0.29) is 35.8 Å². The number of hydrogen-bond donors (Lipinski definition) is 1. The number of benzene rings is 2. The van der Waals surface area contributed by atoms with Crippen molar-refractivity contribution in [1.82, 2.24) is 33.9 Å². The van der Waals surface area contributed by atoms with E-state index in [1.54, 1.807) is 47.6 Å². The molecule has 1 N–H and O–H groups in total. The van der Waals surface area contributed by atoms with Crippen LogP contribution in [0.5, 0.6) is 5.75 Å². The lowest BCUT2D eigenvalue weighted by molar-refractivity contribution is 0.0456. The van der Waals surface area contributed by atoms with Gasteiger partial charge < -0.3 is 28.3 Å². The van der Waals surface area contributed by atoms with Crippen LogP contribution in [0.2, 0.25) is 10.0 Å². The molecule has 0 bridgehead atoms.